The van der Waals surface area contributed by atoms with E-state index in [1.807, 2.05) is 0 Å². The Kier molecular flexibility index (Phi) is 46.1. The van der Waals surface area contributed by atoms with Gasteiger partial charge in [-0.25, -0.2) is 0 Å². The number of aliphatic imine (C=N–C) groups is 2. The first-order valence-corrected chi connectivity index (χ1v) is 37.3. The third-order valence-corrected chi connectivity index (χ3v) is 17.6. The maximum absolute atomic E-state index is 14.8. The van der Waals surface area contributed by atoms with E-state index in [-0.39, 0.29) is 114 Å². The summed E-state index contributed by atoms with van der Waals surface area (Å²) in [6, 6.07) is -8.88. The monoisotopic (exact) mass is 1560 g/mol. The smallest absolute Gasteiger partial charge is 0.305 e. The molecule has 0 aliphatic carbocycles. The molecule has 0 fully saturated rings. The van der Waals surface area contributed by atoms with E-state index in [9.17, 15) is 82.1 Å². The number of benzene rings is 1. The highest BCUT2D eigenvalue weighted by atomic mass is 16.4. The summed E-state index contributed by atoms with van der Waals surface area (Å²) in [5.41, 5.74) is 45.2. The number of carboxylic acid groups (broad SMARTS) is 1. The third kappa shape index (κ3) is 39.2. The van der Waals surface area contributed by atoms with Gasteiger partial charge in [0.05, 0.1) is 25.6 Å². The highest BCUT2D eigenvalue weighted by Gasteiger charge is 2.38. The largest absolute Gasteiger partial charge is 0.481 e. The number of carbonyl (C=O) groups excluding carboxylic acids is 14. The minimum Gasteiger partial charge on any atom is -0.481 e. The van der Waals surface area contributed by atoms with E-state index in [1.54, 1.807) is 99.6 Å². The van der Waals surface area contributed by atoms with Crippen LogP contribution in [-0.2, 0) is 78.3 Å². The van der Waals surface area contributed by atoms with Crippen molar-refractivity contribution in [2.75, 3.05) is 32.8 Å². The first-order valence-electron chi connectivity index (χ1n) is 37.3. The number of hydrogen-bond donors (Lipinski definition) is 22. The van der Waals surface area contributed by atoms with Crippen LogP contribution < -0.4 is 110 Å². The van der Waals surface area contributed by atoms with Crippen molar-refractivity contribution in [2.24, 2.45) is 85.4 Å². The van der Waals surface area contributed by atoms with Crippen molar-refractivity contribution in [1.29, 1.82) is 0 Å². The number of amides is 14. The van der Waals surface area contributed by atoms with Gasteiger partial charge in [-0.2, -0.15) is 0 Å². The fraction of sp³-hybridized carbons (Fsp3) is 0.676. The molecule has 14 amide bonds. The van der Waals surface area contributed by atoms with Crippen molar-refractivity contribution in [3.8, 4) is 0 Å². The van der Waals surface area contributed by atoms with Gasteiger partial charge in [0, 0.05) is 25.9 Å². The van der Waals surface area contributed by atoms with E-state index in [1.165, 1.54) is 0 Å². The van der Waals surface area contributed by atoms with Gasteiger partial charge in [0.15, 0.2) is 11.9 Å². The van der Waals surface area contributed by atoms with E-state index in [2.05, 4.69) is 73.8 Å². The van der Waals surface area contributed by atoms with Crippen molar-refractivity contribution in [3.05, 3.63) is 35.9 Å². The van der Waals surface area contributed by atoms with Crippen LogP contribution in [-0.4, -0.2) is 216 Å². The fourth-order valence-electron chi connectivity index (χ4n) is 11.1. The van der Waals surface area contributed by atoms with Gasteiger partial charge in [-0.1, -0.05) is 112 Å². The van der Waals surface area contributed by atoms with Gasteiger partial charge in [0.1, 0.15) is 66.5 Å². The first-order chi connectivity index (χ1) is 51.7. The second-order valence-electron chi connectivity index (χ2n) is 28.6. The lowest BCUT2D eigenvalue weighted by Crippen LogP contribution is -2.61. The molecule has 0 unspecified atom stereocenters. The first kappa shape index (κ1) is 97.7. The molecular weight excluding hydrogens is 1430 g/mol. The fourth-order valence-corrected chi connectivity index (χ4v) is 11.1. The molecule has 0 aliphatic heterocycles. The molecule has 1 rings (SSSR count). The van der Waals surface area contributed by atoms with Crippen LogP contribution >= 0.6 is 0 Å². The normalized spacial score (nSPS) is 15.0. The molecule has 0 saturated heterocycles. The zero-order valence-corrected chi connectivity index (χ0v) is 65.1. The molecule has 0 radical (unpaired) electrons. The number of nitrogens with zero attached hydrogens (tertiary/aromatic N) is 2. The zero-order chi connectivity index (χ0) is 83.5. The summed E-state index contributed by atoms with van der Waals surface area (Å²) in [6.07, 6.45) is -0.418. The molecule has 0 heterocycles. The van der Waals surface area contributed by atoms with Gasteiger partial charge < -0.3 is 120 Å². The Bertz CT molecular complexity index is 3240. The Morgan fingerprint density at radius 2 is 0.818 bits per heavy atom. The van der Waals surface area contributed by atoms with E-state index in [4.69, 9.17) is 45.9 Å². The lowest BCUT2D eigenvalue weighted by Gasteiger charge is -2.29. The molecule has 620 valence electrons. The Morgan fingerprint density at radius 3 is 1.28 bits per heavy atom. The Balaban J connectivity index is 3.62. The summed E-state index contributed by atoms with van der Waals surface area (Å²) < 4.78 is 0. The third-order valence-electron chi connectivity index (χ3n) is 17.6. The van der Waals surface area contributed by atoms with Gasteiger partial charge in [0.25, 0.3) is 0 Å². The summed E-state index contributed by atoms with van der Waals surface area (Å²) in [5, 5.41) is 50.8. The number of rotatable bonds is 55. The number of primary amides is 2. The van der Waals surface area contributed by atoms with Crippen LogP contribution in [0.1, 0.15) is 171 Å². The molecule has 0 bridgehead atoms. The maximum Gasteiger partial charge on any atom is 0.305 e. The molecule has 1 aromatic carbocycles. The van der Waals surface area contributed by atoms with Crippen molar-refractivity contribution < 1.29 is 82.1 Å². The maximum atomic E-state index is 14.8. The molecule has 30 N–H and O–H groups in total. The Morgan fingerprint density at radius 1 is 0.427 bits per heavy atom. The van der Waals surface area contributed by atoms with E-state index in [0.717, 1.165) is 0 Å². The molecule has 14 atom stereocenters. The Hall–Kier alpha value is -10.3. The zero-order valence-electron chi connectivity index (χ0n) is 65.1. The van der Waals surface area contributed by atoms with Gasteiger partial charge >= 0.3 is 5.97 Å². The number of carbonyl (C=O) groups is 15. The van der Waals surface area contributed by atoms with Crippen LogP contribution in [0, 0.1) is 29.6 Å². The van der Waals surface area contributed by atoms with Gasteiger partial charge in [-0.05, 0) is 112 Å². The average Bonchev–Trinajstić information content (AvgIpc) is 0.858. The molecule has 39 heteroatoms. The highest BCUT2D eigenvalue weighted by molar-refractivity contribution is 6.00. The predicted octanol–water partition coefficient (Wildman–Crippen LogP) is -5.31. The van der Waals surface area contributed by atoms with Crippen LogP contribution in [0.25, 0.3) is 0 Å². The van der Waals surface area contributed by atoms with Crippen LogP contribution in [0.4, 0.5) is 0 Å². The molecule has 0 spiro atoms. The summed E-state index contributed by atoms with van der Waals surface area (Å²) in [7, 11) is 0. The molecular formula is C71H124N22O17. The SMILES string of the molecule is CC[C@H](C)[C@H](NC(=O)[C@H](CC(=O)O)NC(=O)[C@@H](NC(=O)[C@@H](N)CCCN=C(N)N)[C@@H](C)CC)C(=O)NCC(=O)N[C@@H](CC(C)C)C(=O)N[C@@H](Cc1ccccc1)C(=O)N[C@@H](CCCCN)C(=O)N[C@@H](CCC(N)=O)C(=O)N[C@@H](CC(C)C)C(=O)N[C@@H](CO)C(=O)N[C@@H](CCCN=C(N)N)C(=O)N[C@@H](CC(C)C)C(N)=O. The number of unbranched alkanes of at least 4 members (excludes halogenated alkanes) is 1. The molecule has 0 aliphatic rings. The number of hydrogen-bond acceptors (Lipinski definition) is 20. The van der Waals surface area contributed by atoms with Crippen LogP contribution in [0.2, 0.25) is 0 Å². The average molecular weight is 1560 g/mol. The van der Waals surface area contributed by atoms with Crippen molar-refractivity contribution in [1.82, 2.24) is 63.8 Å². The second kappa shape index (κ2) is 51.9. The number of aliphatic carboxylic acids is 1. The van der Waals surface area contributed by atoms with Crippen molar-refractivity contribution in [3.63, 3.8) is 0 Å². The molecule has 0 saturated carbocycles. The second-order valence-corrected chi connectivity index (χ2v) is 28.6. The van der Waals surface area contributed by atoms with Crippen LogP contribution in [0.15, 0.2) is 40.3 Å². The van der Waals surface area contributed by atoms with Gasteiger partial charge in [-0.3, -0.25) is 81.9 Å². The molecule has 1 aromatic rings. The van der Waals surface area contributed by atoms with Crippen molar-refractivity contribution in [2.45, 2.75) is 244 Å². The minimum atomic E-state index is -1.78. The number of nitrogens with one attached hydrogen (secondary N) is 12. The number of carboxylic acids is 1. The summed E-state index contributed by atoms with van der Waals surface area (Å²) in [6.45, 7) is 15.7. The highest BCUT2D eigenvalue weighted by Crippen LogP contribution is 2.16. The van der Waals surface area contributed by atoms with Crippen molar-refractivity contribution >= 4 is 101 Å². The van der Waals surface area contributed by atoms with Gasteiger partial charge in [-0.15, -0.1) is 0 Å². The van der Waals surface area contributed by atoms with E-state index < -0.39 is 205 Å². The lowest BCUT2D eigenvalue weighted by atomic mass is 9.96. The predicted molar refractivity (Wildman–Crippen MR) is 409 cm³/mol. The van der Waals surface area contributed by atoms with E-state index in [0.29, 0.717) is 24.8 Å². The van der Waals surface area contributed by atoms with Crippen LogP contribution in [0.5, 0.6) is 0 Å². The number of guanidine groups is 2. The molecule has 39 nitrogen and oxygen atoms in total. The van der Waals surface area contributed by atoms with E-state index >= 15 is 0 Å². The minimum absolute atomic E-state index is 0.0253. The number of aliphatic hydroxyl groups is 1. The molecule has 110 heavy (non-hydrogen) atoms. The van der Waals surface area contributed by atoms with Crippen LogP contribution in [0.3, 0.4) is 0 Å². The summed E-state index contributed by atoms with van der Waals surface area (Å²) >= 11 is 0. The standard InChI is InChI=1S/C71H124N22O17/c1-11-40(9)56(93-66(107)51(34-55(97)98)90-69(110)57(41(10)12-2)92-59(100)43(73)22-18-28-80-70(76)77)68(109)82-35-54(96)83-48(31-38(5)6)63(104)89-50(33-42-20-14-13-15-21-42)65(106)84-44(23-16-17-27-72)60(101)86-46(25-26-53(74)95)62(103)88-49(32-39(7)8)64(105)91-52(36-94)67(108)85-45(24-19-29-81-71(78)79)61(102)87-47(58(75)99)30-37(3)4/h13-15,20-21,37-41,43-52,56-57,94H,11-12,16-19,22-36,72-73H2,1-10H3,(H2,74,95)(H2,75,99)(H,82,109)(H,83,96)(H,84,106)(H,85,108)(H,86,101)(H,87,102)(H,88,103)(H,89,104)(H,90,110)(H,91,105)(H,92,100)(H,93,107)(H,97,98)(H4,76,77,80)(H4,78,79,81)/t40-,41-,43-,44-,45-,46-,47-,48-,49-,50-,51-,52-,56-,57-/m0/s1. The Labute approximate surface area is 642 Å². The summed E-state index contributed by atoms with van der Waals surface area (Å²) in [5.74, 6) is -16.7. The quantitative estimate of drug-likeness (QED) is 0.0165. The molecule has 0 aromatic heterocycles. The number of aliphatic hydroxyl groups excluding tert-OH is 1. The number of nitrogens with two attached hydrogens (primary N) is 8. The topological polar surface area (TPSA) is 674 Å². The van der Waals surface area contributed by atoms with Gasteiger partial charge in [0.2, 0.25) is 82.7 Å². The summed E-state index contributed by atoms with van der Waals surface area (Å²) in [4.78, 5) is 213. The lowest BCUT2D eigenvalue weighted by molar-refractivity contribution is -0.142.